The van der Waals surface area contributed by atoms with E-state index in [1.165, 1.54) is 12.0 Å². The number of piperidine rings is 1. The van der Waals surface area contributed by atoms with E-state index in [1.54, 1.807) is 41.1 Å². The summed E-state index contributed by atoms with van der Waals surface area (Å²) in [6.45, 7) is 14.7. The molecule has 0 unspecified atom stereocenters. The van der Waals surface area contributed by atoms with E-state index in [-0.39, 0.29) is 61.2 Å². The molecule has 0 aromatic rings. The molecule has 0 aromatic carbocycles. The van der Waals surface area contributed by atoms with Gasteiger partial charge in [-0.1, -0.05) is 78.0 Å². The first-order chi connectivity index (χ1) is 33.2. The average molecular weight is 984 g/mol. The van der Waals surface area contributed by atoms with Gasteiger partial charge in [-0.3, -0.25) is 24.0 Å². The number of aliphatic hydroxyl groups excluding tert-OH is 1. The van der Waals surface area contributed by atoms with Gasteiger partial charge in [-0.05, 0) is 113 Å². The fourth-order valence-electron chi connectivity index (χ4n) is 10.7. The van der Waals surface area contributed by atoms with Crippen molar-refractivity contribution < 1.29 is 67.4 Å². The van der Waals surface area contributed by atoms with Crippen LogP contribution >= 0.6 is 0 Å². The van der Waals surface area contributed by atoms with Crippen LogP contribution in [0.5, 0.6) is 0 Å². The molecule has 15 heteroatoms. The third kappa shape index (κ3) is 15.8. The highest BCUT2D eigenvalue weighted by atomic mass is 16.6. The number of Topliss-reactive ketones (excluding diaryl/α,β-unsaturated/α-hetero) is 3. The van der Waals surface area contributed by atoms with Crippen molar-refractivity contribution >= 4 is 35.2 Å². The van der Waals surface area contributed by atoms with Crippen LogP contribution in [0.2, 0.25) is 0 Å². The van der Waals surface area contributed by atoms with Gasteiger partial charge in [0.2, 0.25) is 5.79 Å². The molecule has 4 aliphatic rings. The number of fused-ring (bicyclic) bond motifs is 3. The topological polar surface area (TPSA) is 201 Å². The number of esters is 2. The van der Waals surface area contributed by atoms with Gasteiger partial charge in [0.25, 0.3) is 11.7 Å². The van der Waals surface area contributed by atoms with Crippen LogP contribution in [0.15, 0.2) is 47.6 Å². The molecule has 1 aliphatic carbocycles. The van der Waals surface area contributed by atoms with Crippen LogP contribution in [0.25, 0.3) is 0 Å². The highest BCUT2D eigenvalue weighted by Crippen LogP contribution is 2.38. The molecule has 2 saturated heterocycles. The fraction of sp³-hybridized carbons (Fsp3) is 0.745. The van der Waals surface area contributed by atoms with Crippen LogP contribution in [-0.4, -0.2) is 133 Å². The lowest BCUT2D eigenvalue weighted by molar-refractivity contribution is -0.265. The first kappa shape index (κ1) is 58.7. The Hall–Kier alpha value is -3.86. The number of carbonyl (C=O) groups is 6. The summed E-state index contributed by atoms with van der Waals surface area (Å²) >= 11 is 0. The number of aliphatic hydroxyl groups is 2. The molecule has 2 bridgehead atoms. The number of rotatable bonds is 9. The van der Waals surface area contributed by atoms with Gasteiger partial charge in [-0.2, -0.15) is 0 Å². The van der Waals surface area contributed by atoms with Crippen LogP contribution in [0.3, 0.4) is 0 Å². The Bertz CT molecular complexity index is 1910. The van der Waals surface area contributed by atoms with Gasteiger partial charge in [-0.25, -0.2) is 4.79 Å². The van der Waals surface area contributed by atoms with Crippen molar-refractivity contribution in [1.29, 1.82) is 0 Å². The number of hydrogen-bond acceptors (Lipinski definition) is 14. The Morgan fingerprint density at radius 3 is 2.27 bits per heavy atom. The van der Waals surface area contributed by atoms with E-state index in [0.29, 0.717) is 76.2 Å². The van der Waals surface area contributed by atoms with Crippen molar-refractivity contribution in [2.45, 2.75) is 200 Å². The quantitative estimate of drug-likeness (QED) is 0.130. The summed E-state index contributed by atoms with van der Waals surface area (Å²) in [5.41, 5.74) is 1.33. The summed E-state index contributed by atoms with van der Waals surface area (Å²) in [5, 5.41) is 22.5. The number of ether oxygens (including phenoxy) is 6. The van der Waals surface area contributed by atoms with Crippen molar-refractivity contribution in [3.63, 3.8) is 0 Å². The van der Waals surface area contributed by atoms with Crippen molar-refractivity contribution in [1.82, 2.24) is 4.90 Å². The minimum absolute atomic E-state index is 0.0141. The number of allylic oxidation sites excluding steroid dienone is 6. The van der Waals surface area contributed by atoms with Gasteiger partial charge in [0.15, 0.2) is 18.0 Å². The number of carbonyl (C=O) groups excluding carboxylic acids is 6. The van der Waals surface area contributed by atoms with Gasteiger partial charge < -0.3 is 43.5 Å². The van der Waals surface area contributed by atoms with E-state index < -0.39 is 89.8 Å². The molecular weight excluding hydrogens is 899 g/mol. The summed E-state index contributed by atoms with van der Waals surface area (Å²) in [4.78, 5) is 86.0. The molecule has 15 atom stereocenters. The van der Waals surface area contributed by atoms with Crippen molar-refractivity contribution in [3.05, 3.63) is 47.6 Å². The lowest BCUT2D eigenvalue weighted by Crippen LogP contribution is -2.61. The predicted octanol–water partition coefficient (Wildman–Crippen LogP) is 7.53. The summed E-state index contributed by atoms with van der Waals surface area (Å²) in [7, 11) is 4.54. The van der Waals surface area contributed by atoms with E-state index in [1.807, 2.05) is 65.0 Å². The monoisotopic (exact) mass is 984 g/mol. The summed E-state index contributed by atoms with van der Waals surface area (Å²) in [6, 6.07) is -1.16. The molecule has 3 heterocycles. The van der Waals surface area contributed by atoms with E-state index in [0.717, 1.165) is 5.57 Å². The van der Waals surface area contributed by atoms with Crippen LogP contribution < -0.4 is 0 Å². The van der Waals surface area contributed by atoms with Gasteiger partial charge >= 0.3 is 11.9 Å². The number of ketones is 3. The summed E-state index contributed by atoms with van der Waals surface area (Å²) in [6.07, 6.45) is 11.8. The van der Waals surface area contributed by atoms with Gasteiger partial charge in [0.1, 0.15) is 17.9 Å². The highest BCUT2D eigenvalue weighted by molar-refractivity contribution is 6.39. The lowest BCUT2D eigenvalue weighted by Gasteiger charge is -2.42. The molecule has 70 heavy (non-hydrogen) atoms. The Labute approximate surface area is 417 Å². The van der Waals surface area contributed by atoms with Crippen LogP contribution in [0.4, 0.5) is 0 Å². The zero-order chi connectivity index (χ0) is 51.9. The second-order valence-electron chi connectivity index (χ2n) is 20.8. The smallest absolute Gasteiger partial charge is 0.329 e. The van der Waals surface area contributed by atoms with Crippen molar-refractivity contribution in [2.75, 3.05) is 27.9 Å². The van der Waals surface area contributed by atoms with Gasteiger partial charge in [0, 0.05) is 64.9 Å². The molecule has 0 aromatic heterocycles. The molecule has 3 aliphatic heterocycles. The number of cyclic esters (lactones) is 1. The Morgan fingerprint density at radius 1 is 0.871 bits per heavy atom. The Morgan fingerprint density at radius 2 is 1.60 bits per heavy atom. The minimum atomic E-state index is -2.44. The summed E-state index contributed by atoms with van der Waals surface area (Å²) < 4.78 is 35.7. The van der Waals surface area contributed by atoms with Crippen molar-refractivity contribution in [2.24, 2.45) is 35.5 Å². The molecule has 3 fully saturated rings. The molecule has 0 radical (unpaired) electrons. The zero-order valence-electron chi connectivity index (χ0n) is 43.9. The number of hydrogen-bond donors (Lipinski definition) is 2. The van der Waals surface area contributed by atoms with Crippen LogP contribution in [0.1, 0.15) is 145 Å². The average Bonchev–Trinajstić information content (AvgIpc) is 3.33. The molecule has 1 amide bonds. The lowest BCUT2D eigenvalue weighted by atomic mass is 9.78. The van der Waals surface area contributed by atoms with E-state index in [2.05, 4.69) is 0 Å². The maximum atomic E-state index is 14.5. The first-order valence-corrected chi connectivity index (χ1v) is 25.9. The standard InChI is InChI=1S/C55H85NO14/c1-12-18-48(59)69-50-38(7)28-35(4)44(58)32-46(36(5)29-40-23-25-43(57)47(30-40)66-10)68-54(63)42-21-16-17-26-56(42)53(62)52(61)55(64)39(8)22-24-41(70-55)31-45(65-9)34(3)20-15-13-14-19-33(2)27-37(6)49(60)51(50)67-11/h13-15,19-20,28,33,35-37,39-43,45-47,50-51,57,64H,12,16-18,21-27,29-32H2,1-11H3/b15-13+,19-14+,34-20+,38-28+/t33-,35-,36-,37-,39-,40+,41+,42+,43-,45+,46+,47-,50-,51+,55-/m1/s1. The Kier molecular flexibility index (Phi) is 23.3. The molecule has 0 spiro atoms. The largest absolute Gasteiger partial charge is 0.460 e. The zero-order valence-corrected chi connectivity index (χ0v) is 43.9. The van der Waals surface area contributed by atoms with E-state index >= 15 is 0 Å². The molecule has 1 saturated carbocycles. The SMILES string of the molecule is CCCC(=O)O[C@@H]1/C(C)=C/[C@@H](C)C(=O)C[C@@H]([C@H](C)C[C@@H]2CC[C@@H](O)[C@H](OC)C2)OC(=O)[C@@H]2CCCCN2C(=O)C(=O)[C@]2(O)O[C@@H](CC[C@H]2C)C[C@H](OC)/C(C)=C/C=C/C=C/[C@@H](C)C[C@@H](C)C(=O)[C@@H]1OC. The number of amides is 1. The highest BCUT2D eigenvalue weighted by Gasteiger charge is 2.53. The third-order valence-corrected chi connectivity index (χ3v) is 15.2. The normalized spacial score (nSPS) is 38.3. The second kappa shape index (κ2) is 27.8. The molecule has 394 valence electrons. The second-order valence-corrected chi connectivity index (χ2v) is 20.8. The molecular formula is C55H85NO14. The third-order valence-electron chi connectivity index (χ3n) is 15.2. The van der Waals surface area contributed by atoms with Gasteiger partial charge in [0.05, 0.1) is 24.4 Å². The molecule has 4 rings (SSSR count). The van der Waals surface area contributed by atoms with E-state index in [9.17, 15) is 39.0 Å². The molecule has 2 N–H and O–H groups in total. The first-order valence-electron chi connectivity index (χ1n) is 25.9. The predicted molar refractivity (Wildman–Crippen MR) is 264 cm³/mol. The molecule has 15 nitrogen and oxygen atoms in total. The van der Waals surface area contributed by atoms with Crippen LogP contribution in [0, 0.1) is 35.5 Å². The van der Waals surface area contributed by atoms with E-state index in [4.69, 9.17) is 28.4 Å². The minimum Gasteiger partial charge on any atom is -0.460 e. The summed E-state index contributed by atoms with van der Waals surface area (Å²) in [5.74, 6) is -8.68. The maximum Gasteiger partial charge on any atom is 0.329 e. The number of methoxy groups -OCH3 is 3. The Balaban J connectivity index is 1.76. The van der Waals surface area contributed by atoms with Crippen LogP contribution in [-0.2, 0) is 57.2 Å². The van der Waals surface area contributed by atoms with Crippen molar-refractivity contribution in [3.8, 4) is 0 Å². The fourth-order valence-corrected chi connectivity index (χ4v) is 10.7. The van der Waals surface area contributed by atoms with Gasteiger partial charge in [-0.15, -0.1) is 0 Å². The number of nitrogens with zero attached hydrogens (tertiary/aromatic N) is 1. The maximum absolute atomic E-state index is 14.5.